The normalized spacial score (nSPS) is 13.5. The van der Waals surface area contributed by atoms with Crippen LogP contribution in [0.5, 0.6) is 0 Å². The molecule has 0 amide bonds. The van der Waals surface area contributed by atoms with E-state index in [-0.39, 0.29) is 5.57 Å². The number of allylic oxidation sites excluding steroid dienone is 1. The molecule has 0 heterocycles. The molecule has 0 aromatic carbocycles. The van der Waals surface area contributed by atoms with Crippen molar-refractivity contribution in [2.24, 2.45) is 0 Å². The maximum Gasteiger partial charge on any atom is 0.459 e. The summed E-state index contributed by atoms with van der Waals surface area (Å²) in [6.45, 7) is 1.01. The lowest BCUT2D eigenvalue weighted by molar-refractivity contribution is -0.355. The summed E-state index contributed by atoms with van der Waals surface area (Å²) in [5.74, 6) is -10.2. The van der Waals surface area contributed by atoms with E-state index in [1.165, 1.54) is 0 Å². The van der Waals surface area contributed by atoms with Crippen LogP contribution in [0.15, 0.2) is 5.57 Å². The van der Waals surface area contributed by atoms with E-state index < -0.39 is 30.9 Å². The van der Waals surface area contributed by atoms with Gasteiger partial charge in [0.25, 0.3) is 0 Å². The largest absolute Gasteiger partial charge is 0.459 e. The molecule has 0 atom stereocenters. The first-order valence-corrected chi connectivity index (χ1v) is 3.98. The van der Waals surface area contributed by atoms with Crippen molar-refractivity contribution in [2.45, 2.75) is 37.8 Å². The number of halogens is 7. The van der Waals surface area contributed by atoms with Crippen molar-refractivity contribution in [3.05, 3.63) is 5.57 Å². The average Bonchev–Trinajstić information content (AvgIpc) is 2.12. The molecule has 0 rings (SSSR count). The SMILES string of the molecule is CC(=C=O)CCC(F)(F)C(F)(F)C(F)(F)F. The third kappa shape index (κ3) is 2.98. The van der Waals surface area contributed by atoms with Crippen molar-refractivity contribution < 1.29 is 35.5 Å². The Balaban J connectivity index is 4.85. The van der Waals surface area contributed by atoms with Crippen molar-refractivity contribution in [1.82, 2.24) is 0 Å². The first-order chi connectivity index (χ1) is 6.95. The van der Waals surface area contributed by atoms with E-state index in [0.29, 0.717) is 0 Å². The Labute approximate surface area is 85.9 Å². The Hall–Kier alpha value is -1.04. The maximum atomic E-state index is 12.6. The molecule has 0 saturated heterocycles. The van der Waals surface area contributed by atoms with Gasteiger partial charge in [-0.2, -0.15) is 30.7 Å². The molecule has 0 bridgehead atoms. The van der Waals surface area contributed by atoms with Crippen LogP contribution < -0.4 is 0 Å². The molecule has 0 radical (unpaired) electrons. The van der Waals surface area contributed by atoms with Gasteiger partial charge in [0, 0.05) is 12.0 Å². The average molecular weight is 252 g/mol. The van der Waals surface area contributed by atoms with Gasteiger partial charge in [0.15, 0.2) is 0 Å². The lowest BCUT2D eigenvalue weighted by Gasteiger charge is -2.27. The number of carbonyl (C=O) groups excluding carboxylic acids is 1. The first kappa shape index (κ1) is 15.0. The predicted octanol–water partition coefficient (Wildman–Crippen LogP) is 3.38. The Morgan fingerprint density at radius 3 is 1.81 bits per heavy atom. The fraction of sp³-hybridized carbons (Fsp3) is 0.750. The molecule has 0 spiro atoms. The van der Waals surface area contributed by atoms with Crippen molar-refractivity contribution in [1.29, 1.82) is 0 Å². The summed E-state index contributed by atoms with van der Waals surface area (Å²) in [4.78, 5) is 9.85. The molecule has 0 aromatic rings. The highest BCUT2D eigenvalue weighted by atomic mass is 19.4. The van der Waals surface area contributed by atoms with Crippen LogP contribution in [0.4, 0.5) is 30.7 Å². The molecule has 16 heavy (non-hydrogen) atoms. The number of alkyl halides is 7. The molecule has 0 aliphatic carbocycles. The number of hydrogen-bond donors (Lipinski definition) is 0. The molecule has 0 N–H and O–H groups in total. The lowest BCUT2D eigenvalue weighted by atomic mass is 10.0. The van der Waals surface area contributed by atoms with E-state index in [1.54, 1.807) is 0 Å². The second-order valence-electron chi connectivity index (χ2n) is 3.16. The van der Waals surface area contributed by atoms with Crippen LogP contribution >= 0.6 is 0 Å². The Morgan fingerprint density at radius 1 is 1.06 bits per heavy atom. The van der Waals surface area contributed by atoms with Crippen LogP contribution in [0.3, 0.4) is 0 Å². The van der Waals surface area contributed by atoms with Crippen molar-refractivity contribution in [2.75, 3.05) is 0 Å². The molecule has 0 aromatic heterocycles. The van der Waals surface area contributed by atoms with Crippen molar-refractivity contribution in [3.63, 3.8) is 0 Å². The van der Waals surface area contributed by atoms with Gasteiger partial charge in [0.1, 0.15) is 5.94 Å². The zero-order valence-electron chi connectivity index (χ0n) is 7.97. The Bertz CT molecular complexity index is 298. The van der Waals surface area contributed by atoms with Crippen LogP contribution in [0.2, 0.25) is 0 Å². The van der Waals surface area contributed by atoms with Gasteiger partial charge in [-0.05, 0) is 13.3 Å². The van der Waals surface area contributed by atoms with E-state index in [9.17, 15) is 35.5 Å². The van der Waals surface area contributed by atoms with Gasteiger partial charge in [-0.15, -0.1) is 0 Å². The van der Waals surface area contributed by atoms with E-state index in [1.807, 2.05) is 0 Å². The zero-order valence-corrected chi connectivity index (χ0v) is 7.97. The molecule has 0 fully saturated rings. The summed E-state index contributed by atoms with van der Waals surface area (Å²) in [5.41, 5.74) is -0.349. The summed E-state index contributed by atoms with van der Waals surface area (Å²) >= 11 is 0. The van der Waals surface area contributed by atoms with E-state index >= 15 is 0 Å². The van der Waals surface area contributed by atoms with Crippen LogP contribution in [-0.2, 0) is 4.79 Å². The van der Waals surface area contributed by atoms with Gasteiger partial charge in [-0.3, -0.25) is 0 Å². The van der Waals surface area contributed by atoms with Gasteiger partial charge >= 0.3 is 18.0 Å². The molecule has 0 aliphatic rings. The van der Waals surface area contributed by atoms with Gasteiger partial charge in [-0.25, -0.2) is 4.79 Å². The lowest BCUT2D eigenvalue weighted by Crippen LogP contribution is -2.51. The Morgan fingerprint density at radius 2 is 1.50 bits per heavy atom. The number of rotatable bonds is 4. The molecule has 1 nitrogen and oxygen atoms in total. The van der Waals surface area contributed by atoms with Crippen molar-refractivity contribution >= 4 is 5.94 Å². The highest BCUT2D eigenvalue weighted by molar-refractivity contribution is 5.51. The van der Waals surface area contributed by atoms with Crippen molar-refractivity contribution in [3.8, 4) is 0 Å². The molecule has 0 unspecified atom stereocenters. The quantitative estimate of drug-likeness (QED) is 0.553. The topological polar surface area (TPSA) is 17.1 Å². The van der Waals surface area contributed by atoms with Gasteiger partial charge in [0.2, 0.25) is 0 Å². The highest BCUT2D eigenvalue weighted by Crippen LogP contribution is 2.48. The smallest absolute Gasteiger partial charge is 0.234 e. The molecule has 0 saturated carbocycles. The summed E-state index contributed by atoms with van der Waals surface area (Å²) in [6, 6.07) is 0. The van der Waals surface area contributed by atoms with Gasteiger partial charge < -0.3 is 0 Å². The molecular weight excluding hydrogens is 245 g/mol. The fourth-order valence-corrected chi connectivity index (χ4v) is 0.760. The minimum Gasteiger partial charge on any atom is -0.234 e. The number of hydrogen-bond acceptors (Lipinski definition) is 1. The summed E-state index contributed by atoms with van der Waals surface area (Å²) in [5, 5.41) is 0. The van der Waals surface area contributed by atoms with Crippen LogP contribution in [0, 0.1) is 0 Å². The van der Waals surface area contributed by atoms with Crippen LogP contribution in [0.25, 0.3) is 0 Å². The first-order valence-electron chi connectivity index (χ1n) is 3.98. The molecule has 8 heteroatoms. The maximum absolute atomic E-state index is 12.6. The van der Waals surface area contributed by atoms with Gasteiger partial charge in [0.05, 0.1) is 0 Å². The molecular formula is C8H7F7O. The van der Waals surface area contributed by atoms with E-state index in [0.717, 1.165) is 12.9 Å². The minimum absolute atomic E-state index is 0.349. The van der Waals surface area contributed by atoms with Gasteiger partial charge in [-0.1, -0.05) is 0 Å². The second-order valence-corrected chi connectivity index (χ2v) is 3.16. The molecule has 0 aliphatic heterocycles. The standard InChI is InChI=1S/C8H7F7O/c1-5(4-16)2-3-6(9,10)7(11,12)8(13,14)15/h2-3H2,1H3. The van der Waals surface area contributed by atoms with Crippen LogP contribution in [0.1, 0.15) is 19.8 Å². The third-order valence-electron chi connectivity index (χ3n) is 1.80. The monoisotopic (exact) mass is 252 g/mol. The second kappa shape index (κ2) is 4.45. The summed E-state index contributed by atoms with van der Waals surface area (Å²) in [6.07, 6.45) is -8.96. The zero-order chi connectivity index (χ0) is 13.2. The van der Waals surface area contributed by atoms with E-state index in [4.69, 9.17) is 0 Å². The summed E-state index contributed by atoms with van der Waals surface area (Å²) < 4.78 is 84.6. The summed E-state index contributed by atoms with van der Waals surface area (Å²) in [7, 11) is 0. The van der Waals surface area contributed by atoms with E-state index in [2.05, 4.69) is 0 Å². The fourth-order valence-electron chi connectivity index (χ4n) is 0.760. The Kier molecular flexibility index (Phi) is 4.16. The van der Waals surface area contributed by atoms with Crippen LogP contribution in [-0.4, -0.2) is 24.0 Å². The predicted molar refractivity (Wildman–Crippen MR) is 40.1 cm³/mol. The minimum atomic E-state index is -6.32. The third-order valence-corrected chi connectivity index (χ3v) is 1.80. The highest BCUT2D eigenvalue weighted by Gasteiger charge is 2.72. The molecule has 94 valence electrons.